The normalized spacial score (nSPS) is 11.1. The number of ether oxygens (including phenoxy) is 1. The number of aromatic amines is 1. The van der Waals surface area contributed by atoms with Gasteiger partial charge in [-0.05, 0) is 108 Å². The van der Waals surface area contributed by atoms with Gasteiger partial charge in [-0.2, -0.15) is 15.0 Å². The summed E-state index contributed by atoms with van der Waals surface area (Å²) < 4.78 is 35.8. The molecule has 0 radical (unpaired) electrons. The van der Waals surface area contributed by atoms with Gasteiger partial charge in [-0.15, -0.1) is 0 Å². The maximum atomic E-state index is 14.0. The highest BCUT2D eigenvalue weighted by atomic mass is 79.9. The number of primary amides is 1. The molecule has 1 amide bonds. The van der Waals surface area contributed by atoms with Crippen LogP contribution in [0.2, 0.25) is 15.9 Å². The number of pyridine rings is 1. The van der Waals surface area contributed by atoms with Crippen molar-refractivity contribution in [2.75, 3.05) is 11.9 Å². The Morgan fingerprint density at radius 3 is 1.99 bits per heavy atom. The first-order chi connectivity index (χ1) is 33.6. The third-order valence-corrected chi connectivity index (χ3v) is 10.8. The Hall–Kier alpha value is -7.26. The van der Waals surface area contributed by atoms with E-state index < -0.39 is 29.4 Å². The third kappa shape index (κ3) is 14.6. The van der Waals surface area contributed by atoms with Crippen molar-refractivity contribution in [1.82, 2.24) is 49.0 Å². The lowest BCUT2D eigenvalue weighted by atomic mass is 9.86. The number of alkyl halides is 1. The van der Waals surface area contributed by atoms with E-state index in [1.165, 1.54) is 16.7 Å². The summed E-state index contributed by atoms with van der Waals surface area (Å²) in [5.41, 5.74) is 9.94. The minimum Gasteiger partial charge on any atom is -0.480 e. The molecule has 0 aliphatic carbocycles. The van der Waals surface area contributed by atoms with Crippen LogP contribution in [0.4, 0.5) is 8.78 Å². The van der Waals surface area contributed by atoms with Gasteiger partial charge in [-0.25, -0.2) is 23.7 Å². The number of hydrogen-bond donors (Lipinski definition) is 3. The monoisotopic (exact) mass is 1080 g/mol. The van der Waals surface area contributed by atoms with Crippen molar-refractivity contribution in [3.63, 3.8) is 0 Å². The summed E-state index contributed by atoms with van der Waals surface area (Å²) in [6, 6.07) is 19.1. The predicted molar refractivity (Wildman–Crippen MR) is 263 cm³/mol. The molecule has 0 fully saturated rings. The lowest BCUT2D eigenvalue weighted by Crippen LogP contribution is -2.17. The van der Waals surface area contributed by atoms with E-state index in [1.807, 2.05) is 18.2 Å². The Bertz CT molecular complexity index is 3280. The molecule has 17 nitrogen and oxygen atoms in total. The first-order valence-electron chi connectivity index (χ1n) is 20.8. The highest BCUT2D eigenvalue weighted by Crippen LogP contribution is 2.33. The van der Waals surface area contributed by atoms with Crippen molar-refractivity contribution in [2.24, 2.45) is 5.73 Å². The number of aromatic nitrogens is 10. The Morgan fingerprint density at radius 2 is 1.40 bits per heavy atom. The van der Waals surface area contributed by atoms with Crippen molar-refractivity contribution >= 4 is 107 Å². The number of ketones is 1. The number of carbonyl (C=O) groups is 4. The summed E-state index contributed by atoms with van der Waals surface area (Å²) in [6.07, 6.45) is 11.8. The molecule has 70 heavy (non-hydrogen) atoms. The molecule has 7 heterocycles. The highest BCUT2D eigenvalue weighted by Gasteiger charge is 2.23. The SMILES string of the molecule is CCOC(=O)CBr.Clc1ncc2cc[nH]c2n1.NC(=O)c1cccc(-c2cccnc2[C@@H](CC(=O)Cn2ccc3cnc(Cl)nc32)Cc2cc(F)cc(F)c2)c1.O=C(O)Cn1ccc2cnc(Cl)nc21. The number of Topliss-reactive ketones (excluding diaryl/α,β-unsaturated/α-hetero) is 1. The van der Waals surface area contributed by atoms with Gasteiger partial charge in [-0.1, -0.05) is 34.1 Å². The summed E-state index contributed by atoms with van der Waals surface area (Å²) in [4.78, 5) is 77.0. The summed E-state index contributed by atoms with van der Waals surface area (Å²) in [5.74, 6) is -3.80. The van der Waals surface area contributed by atoms with E-state index in [9.17, 15) is 28.0 Å². The molecular formula is C47H39BrCl3F2N11O6. The number of hydrogen-bond acceptors (Lipinski definition) is 12. The predicted octanol–water partition coefficient (Wildman–Crippen LogP) is 9.23. The molecule has 0 unspecified atom stereocenters. The number of esters is 1. The Morgan fingerprint density at radius 1 is 0.786 bits per heavy atom. The molecule has 7 aromatic heterocycles. The van der Waals surface area contributed by atoms with E-state index in [0.29, 0.717) is 51.2 Å². The molecule has 0 bridgehead atoms. The van der Waals surface area contributed by atoms with Gasteiger partial charge in [0, 0.05) is 89.1 Å². The fraction of sp³-hybridized carbons (Fsp3) is 0.170. The molecule has 2 aromatic carbocycles. The van der Waals surface area contributed by atoms with E-state index in [-0.39, 0.29) is 53.5 Å². The van der Waals surface area contributed by atoms with Crippen molar-refractivity contribution < 1.29 is 37.8 Å². The number of H-pyrrole nitrogens is 1. The number of nitrogens with one attached hydrogen (secondary N) is 1. The van der Waals surface area contributed by atoms with Gasteiger partial charge in [0.1, 0.15) is 40.5 Å². The molecule has 0 saturated heterocycles. The third-order valence-electron chi connectivity index (χ3n) is 9.84. The van der Waals surface area contributed by atoms with Gasteiger partial charge in [0.15, 0.2) is 5.78 Å². The number of carboxylic acids is 1. The smallest absolute Gasteiger partial charge is 0.323 e. The van der Waals surface area contributed by atoms with Crippen LogP contribution in [0.3, 0.4) is 0 Å². The van der Waals surface area contributed by atoms with Crippen LogP contribution in [0.15, 0.2) is 116 Å². The molecular weight excluding hydrogens is 1040 g/mol. The Balaban J connectivity index is 0.000000207. The second-order valence-corrected chi connectivity index (χ2v) is 16.4. The molecule has 23 heteroatoms. The fourth-order valence-electron chi connectivity index (χ4n) is 6.95. The number of halogens is 6. The molecule has 9 aromatic rings. The first kappa shape index (κ1) is 52.1. The first-order valence-corrected chi connectivity index (χ1v) is 23.0. The summed E-state index contributed by atoms with van der Waals surface area (Å²) in [6.45, 7) is 2.12. The number of amides is 1. The zero-order valence-corrected chi connectivity index (χ0v) is 40.5. The standard InChI is InChI=1S/C29H22ClF2N5O2.C8H6ClN3O2.C6H4ClN3.C4H7BrO2/c30-29-35-15-20-6-8-37(28(20)36-29)16-24(38)13-21(9-17-10-22(31)14-23(32)11-17)26-25(5-2-7-34-26)18-3-1-4-19(12-18)27(33)39;9-8-10-3-5-1-2-12(4-6(13)14)7(5)11-8;7-6-9-3-4-1-2-8-5(4)10-6;1-2-7-4(6)3-5/h1-8,10-12,14-15,21H,9,13,16H2,(H2,33,39);1-3H,4H2,(H,13,14);1-3H,(H,8,9,10);2-3H2,1H3/t21-;;;/m1.../s1. The van der Waals surface area contributed by atoms with Crippen molar-refractivity contribution in [1.29, 1.82) is 0 Å². The number of fused-ring (bicyclic) bond motifs is 3. The van der Waals surface area contributed by atoms with Crippen LogP contribution < -0.4 is 5.73 Å². The van der Waals surface area contributed by atoms with Gasteiger partial charge in [0.2, 0.25) is 21.8 Å². The highest BCUT2D eigenvalue weighted by molar-refractivity contribution is 9.09. The number of benzene rings is 2. The molecule has 0 spiro atoms. The second-order valence-electron chi connectivity index (χ2n) is 14.8. The number of nitrogens with two attached hydrogens (primary N) is 1. The van der Waals surface area contributed by atoms with E-state index in [2.05, 4.69) is 60.5 Å². The molecule has 0 saturated carbocycles. The number of aliphatic carboxylic acids is 1. The quantitative estimate of drug-likeness (QED) is 0.0555. The summed E-state index contributed by atoms with van der Waals surface area (Å²) in [7, 11) is 0. The van der Waals surface area contributed by atoms with E-state index >= 15 is 0 Å². The second kappa shape index (κ2) is 24.9. The molecule has 360 valence electrons. The van der Waals surface area contributed by atoms with E-state index in [0.717, 1.165) is 27.9 Å². The van der Waals surface area contributed by atoms with Crippen molar-refractivity contribution in [3.05, 3.63) is 160 Å². The number of rotatable bonds is 13. The maximum absolute atomic E-state index is 14.0. The number of nitrogens with zero attached hydrogens (tertiary/aromatic N) is 9. The Labute approximate surface area is 420 Å². The van der Waals surface area contributed by atoms with Gasteiger partial charge < -0.3 is 29.7 Å². The molecule has 1 atom stereocenters. The van der Waals surface area contributed by atoms with Gasteiger partial charge >= 0.3 is 11.9 Å². The van der Waals surface area contributed by atoms with Crippen LogP contribution >= 0.6 is 50.7 Å². The minimum absolute atomic E-state index is 0.00415. The van der Waals surface area contributed by atoms with Crippen LogP contribution in [0.25, 0.3) is 44.2 Å². The van der Waals surface area contributed by atoms with Gasteiger partial charge in [0.25, 0.3) is 0 Å². The van der Waals surface area contributed by atoms with Crippen LogP contribution in [-0.2, 0) is 38.6 Å². The van der Waals surface area contributed by atoms with Crippen LogP contribution in [-0.4, -0.2) is 89.7 Å². The van der Waals surface area contributed by atoms with Crippen LogP contribution in [0.5, 0.6) is 0 Å². The van der Waals surface area contributed by atoms with E-state index in [1.54, 1.807) is 91.3 Å². The molecule has 4 N–H and O–H groups in total. The fourth-order valence-corrected chi connectivity index (χ4v) is 7.51. The lowest BCUT2D eigenvalue weighted by Gasteiger charge is -2.20. The van der Waals surface area contributed by atoms with E-state index in [4.69, 9.17) is 45.6 Å². The van der Waals surface area contributed by atoms with Crippen LogP contribution in [0, 0.1) is 11.6 Å². The maximum Gasteiger partial charge on any atom is 0.323 e. The Kier molecular flexibility index (Phi) is 18.5. The zero-order chi connectivity index (χ0) is 50.3. The molecule has 9 rings (SSSR count). The topological polar surface area (TPSA) is 240 Å². The number of carboxylic acid groups (broad SMARTS) is 1. The molecule has 0 aliphatic heterocycles. The summed E-state index contributed by atoms with van der Waals surface area (Å²) >= 11 is 20.0. The van der Waals surface area contributed by atoms with Gasteiger partial charge in [-0.3, -0.25) is 24.2 Å². The van der Waals surface area contributed by atoms with Crippen molar-refractivity contribution in [2.45, 2.75) is 38.8 Å². The van der Waals surface area contributed by atoms with Gasteiger partial charge in [0.05, 0.1) is 18.8 Å². The summed E-state index contributed by atoms with van der Waals surface area (Å²) in [5, 5.41) is 11.8. The minimum atomic E-state index is -0.919. The molecule has 0 aliphatic rings. The zero-order valence-electron chi connectivity index (χ0n) is 36.6. The number of carbonyl (C=O) groups excluding carboxylic acids is 3. The van der Waals surface area contributed by atoms with Crippen LogP contribution in [0.1, 0.15) is 40.9 Å². The lowest BCUT2D eigenvalue weighted by molar-refractivity contribution is -0.140. The van der Waals surface area contributed by atoms with Crippen molar-refractivity contribution in [3.8, 4) is 11.1 Å². The average Bonchev–Trinajstić information content (AvgIpc) is 4.07. The average molecular weight is 1080 g/mol. The largest absolute Gasteiger partial charge is 0.480 e.